The van der Waals surface area contributed by atoms with Crippen LogP contribution in [0.5, 0.6) is 5.75 Å². The molecule has 0 saturated carbocycles. The van der Waals surface area contributed by atoms with Gasteiger partial charge in [-0.25, -0.2) is 0 Å². The summed E-state index contributed by atoms with van der Waals surface area (Å²) in [6.45, 7) is 0. The molecule has 2 N–H and O–H groups in total. The molecule has 3 nitrogen and oxygen atoms in total. The number of nitrogens with zero attached hydrogens (tertiary/aromatic N) is 1. The third-order valence-corrected chi connectivity index (χ3v) is 1.58. The molecule has 1 aromatic rings. The summed E-state index contributed by atoms with van der Waals surface area (Å²) in [6.07, 6.45) is -4.95. The smallest absolute Gasteiger partial charge is 0.405 e. The zero-order valence-corrected chi connectivity index (χ0v) is 7.51. The van der Waals surface area contributed by atoms with E-state index in [0.29, 0.717) is 0 Å². The van der Waals surface area contributed by atoms with Gasteiger partial charge in [0.05, 0.1) is 12.5 Å². The molecule has 0 heterocycles. The van der Waals surface area contributed by atoms with E-state index in [2.05, 4.69) is 4.74 Å². The molecule has 0 unspecified atom stereocenters. The van der Waals surface area contributed by atoms with Crippen LogP contribution in [-0.4, -0.2) is 6.36 Å². The monoisotopic (exact) mass is 216 g/mol. The van der Waals surface area contributed by atoms with Gasteiger partial charge in [-0.15, -0.1) is 13.2 Å². The van der Waals surface area contributed by atoms with Gasteiger partial charge in [0.1, 0.15) is 5.75 Å². The van der Waals surface area contributed by atoms with Crippen LogP contribution in [0.2, 0.25) is 0 Å². The van der Waals surface area contributed by atoms with E-state index in [-0.39, 0.29) is 17.7 Å². The number of rotatable bonds is 2. The van der Waals surface area contributed by atoms with Crippen molar-refractivity contribution in [3.05, 3.63) is 23.8 Å². The molecule has 0 aromatic heterocycles. The molecular weight excluding hydrogens is 209 g/mol. The Labute approximate surface area is 83.9 Å². The minimum Gasteiger partial charge on any atom is -0.405 e. The Morgan fingerprint density at radius 1 is 1.40 bits per heavy atom. The quantitative estimate of drug-likeness (QED) is 0.771. The van der Waals surface area contributed by atoms with E-state index in [0.717, 1.165) is 6.07 Å². The Bertz CT molecular complexity index is 395. The normalized spacial score (nSPS) is 10.8. The van der Waals surface area contributed by atoms with Crippen molar-refractivity contribution in [1.82, 2.24) is 0 Å². The van der Waals surface area contributed by atoms with Crippen molar-refractivity contribution in [2.75, 3.05) is 5.73 Å². The van der Waals surface area contributed by atoms with Crippen LogP contribution in [0.25, 0.3) is 0 Å². The molecule has 15 heavy (non-hydrogen) atoms. The van der Waals surface area contributed by atoms with Crippen LogP contribution in [0.4, 0.5) is 18.9 Å². The van der Waals surface area contributed by atoms with Crippen molar-refractivity contribution in [1.29, 1.82) is 5.26 Å². The van der Waals surface area contributed by atoms with Gasteiger partial charge in [0.2, 0.25) is 0 Å². The zero-order valence-electron chi connectivity index (χ0n) is 7.51. The third kappa shape index (κ3) is 3.38. The van der Waals surface area contributed by atoms with E-state index in [4.69, 9.17) is 11.0 Å². The fourth-order valence-corrected chi connectivity index (χ4v) is 1.05. The SMILES string of the molecule is N#CCc1cc(N)ccc1OC(F)(F)F. The lowest BCUT2D eigenvalue weighted by molar-refractivity contribution is -0.274. The van der Waals surface area contributed by atoms with Crippen molar-refractivity contribution in [3.63, 3.8) is 0 Å². The van der Waals surface area contributed by atoms with E-state index < -0.39 is 12.1 Å². The van der Waals surface area contributed by atoms with Gasteiger partial charge in [-0.3, -0.25) is 0 Å². The van der Waals surface area contributed by atoms with E-state index in [1.165, 1.54) is 12.1 Å². The van der Waals surface area contributed by atoms with Crippen molar-refractivity contribution >= 4 is 5.69 Å². The molecule has 0 spiro atoms. The predicted octanol–water partition coefficient (Wildman–Crippen LogP) is 2.23. The Morgan fingerprint density at radius 2 is 2.07 bits per heavy atom. The average molecular weight is 216 g/mol. The Balaban J connectivity index is 3.02. The maximum absolute atomic E-state index is 11.9. The van der Waals surface area contributed by atoms with Crippen LogP contribution >= 0.6 is 0 Å². The lowest BCUT2D eigenvalue weighted by atomic mass is 10.1. The van der Waals surface area contributed by atoms with E-state index >= 15 is 0 Å². The van der Waals surface area contributed by atoms with Gasteiger partial charge in [-0.2, -0.15) is 5.26 Å². The Kier molecular flexibility index (Phi) is 3.04. The van der Waals surface area contributed by atoms with Gasteiger partial charge < -0.3 is 10.5 Å². The lowest BCUT2D eigenvalue weighted by Crippen LogP contribution is -2.18. The summed E-state index contributed by atoms with van der Waals surface area (Å²) < 4.78 is 39.5. The molecule has 80 valence electrons. The molecule has 1 rings (SSSR count). The van der Waals surface area contributed by atoms with Crippen LogP contribution in [0, 0.1) is 11.3 Å². The summed E-state index contributed by atoms with van der Waals surface area (Å²) in [7, 11) is 0. The highest BCUT2D eigenvalue weighted by Gasteiger charge is 2.32. The summed E-state index contributed by atoms with van der Waals surface area (Å²) in [5.74, 6) is -0.391. The Hall–Kier alpha value is -1.90. The number of anilines is 1. The second-order valence-electron chi connectivity index (χ2n) is 2.75. The first-order valence-corrected chi connectivity index (χ1v) is 3.93. The number of halogens is 3. The molecule has 0 aliphatic rings. The van der Waals surface area contributed by atoms with Gasteiger partial charge in [-0.05, 0) is 18.2 Å². The highest BCUT2D eigenvalue weighted by atomic mass is 19.4. The second-order valence-corrected chi connectivity index (χ2v) is 2.75. The summed E-state index contributed by atoms with van der Waals surface area (Å²) in [6, 6.07) is 5.39. The molecule has 6 heteroatoms. The first-order chi connectivity index (χ1) is 6.92. The van der Waals surface area contributed by atoms with Crippen molar-refractivity contribution < 1.29 is 17.9 Å². The maximum atomic E-state index is 11.9. The number of benzene rings is 1. The summed E-state index contributed by atoms with van der Waals surface area (Å²) in [5.41, 5.74) is 5.78. The first kappa shape index (κ1) is 11.2. The van der Waals surface area contributed by atoms with Crippen LogP contribution in [0.1, 0.15) is 5.56 Å². The molecule has 0 aliphatic carbocycles. The fraction of sp³-hybridized carbons (Fsp3) is 0.222. The number of hydrogen-bond donors (Lipinski definition) is 1. The molecule has 0 fully saturated rings. The highest BCUT2D eigenvalue weighted by molar-refractivity contribution is 5.48. The molecule has 0 atom stereocenters. The first-order valence-electron chi connectivity index (χ1n) is 3.93. The van der Waals surface area contributed by atoms with Crippen molar-refractivity contribution in [2.24, 2.45) is 0 Å². The minimum absolute atomic E-state index is 0.120. The molecule has 1 aromatic carbocycles. The summed E-state index contributed by atoms with van der Waals surface area (Å²) in [4.78, 5) is 0. The topological polar surface area (TPSA) is 59.0 Å². The van der Waals surface area contributed by atoms with E-state index in [9.17, 15) is 13.2 Å². The fourth-order valence-electron chi connectivity index (χ4n) is 1.05. The number of nitrogens with two attached hydrogens (primary N) is 1. The van der Waals surface area contributed by atoms with Crippen molar-refractivity contribution in [2.45, 2.75) is 12.8 Å². The number of nitrogen functional groups attached to an aromatic ring is 1. The van der Waals surface area contributed by atoms with Gasteiger partial charge >= 0.3 is 6.36 Å². The number of nitriles is 1. The molecule has 0 bridgehead atoms. The molecular formula is C9H7F3N2O. The molecule has 0 radical (unpaired) electrons. The van der Waals surface area contributed by atoms with Crippen LogP contribution in [0.3, 0.4) is 0 Å². The number of hydrogen-bond acceptors (Lipinski definition) is 3. The maximum Gasteiger partial charge on any atom is 0.573 e. The predicted molar refractivity (Wildman–Crippen MR) is 46.9 cm³/mol. The zero-order chi connectivity index (χ0) is 11.5. The second kappa shape index (κ2) is 4.09. The lowest BCUT2D eigenvalue weighted by Gasteiger charge is -2.12. The molecule has 0 aliphatic heterocycles. The van der Waals surface area contributed by atoms with Crippen molar-refractivity contribution in [3.8, 4) is 11.8 Å². The van der Waals surface area contributed by atoms with Gasteiger partial charge in [0, 0.05) is 11.3 Å². The largest absolute Gasteiger partial charge is 0.573 e. The molecule has 0 amide bonds. The average Bonchev–Trinajstić information content (AvgIpc) is 2.08. The minimum atomic E-state index is -4.76. The standard InChI is InChI=1S/C9H7F3N2O/c10-9(11,12)15-8-2-1-7(14)5-6(8)3-4-13/h1-2,5H,3,14H2. The number of ether oxygens (including phenoxy) is 1. The molecule has 0 saturated heterocycles. The van der Waals surface area contributed by atoms with Crippen LogP contribution in [0.15, 0.2) is 18.2 Å². The third-order valence-electron chi connectivity index (χ3n) is 1.58. The summed E-state index contributed by atoms with van der Waals surface area (Å²) >= 11 is 0. The van der Waals surface area contributed by atoms with Gasteiger partial charge in [0.15, 0.2) is 0 Å². The van der Waals surface area contributed by atoms with Crippen LogP contribution in [-0.2, 0) is 6.42 Å². The van der Waals surface area contributed by atoms with E-state index in [1.807, 2.05) is 0 Å². The number of alkyl halides is 3. The highest BCUT2D eigenvalue weighted by Crippen LogP contribution is 2.28. The van der Waals surface area contributed by atoms with Gasteiger partial charge in [0.25, 0.3) is 0 Å². The summed E-state index contributed by atoms with van der Waals surface area (Å²) in [5, 5.41) is 8.41. The van der Waals surface area contributed by atoms with Gasteiger partial charge in [-0.1, -0.05) is 0 Å². The Morgan fingerprint density at radius 3 is 2.60 bits per heavy atom. The van der Waals surface area contributed by atoms with Crippen LogP contribution < -0.4 is 10.5 Å². The van der Waals surface area contributed by atoms with E-state index in [1.54, 1.807) is 6.07 Å².